The number of carbonyl (C=O) groups is 1. The van der Waals surface area contributed by atoms with Gasteiger partial charge in [-0.25, -0.2) is 4.39 Å². The Labute approximate surface area is 136 Å². The maximum Gasteiger partial charge on any atom is 0.254 e. The van der Waals surface area contributed by atoms with Gasteiger partial charge in [0.2, 0.25) is 0 Å². The first-order chi connectivity index (χ1) is 11.1. The van der Waals surface area contributed by atoms with E-state index in [2.05, 4.69) is 5.32 Å². The third-order valence-electron chi connectivity index (χ3n) is 3.31. The molecule has 6 heteroatoms. The maximum atomic E-state index is 13.5. The van der Waals surface area contributed by atoms with Crippen molar-refractivity contribution in [3.63, 3.8) is 0 Å². The Bertz CT molecular complexity index is 798. The smallest absolute Gasteiger partial charge is 0.254 e. The zero-order valence-corrected chi connectivity index (χ0v) is 12.8. The van der Waals surface area contributed by atoms with Crippen LogP contribution in [0.4, 0.5) is 4.39 Å². The first kappa shape index (κ1) is 15.5. The van der Waals surface area contributed by atoms with Gasteiger partial charge in [0.15, 0.2) is 0 Å². The van der Waals surface area contributed by atoms with Crippen molar-refractivity contribution in [2.24, 2.45) is 0 Å². The molecule has 118 valence electrons. The van der Waals surface area contributed by atoms with Gasteiger partial charge in [0.25, 0.3) is 5.91 Å². The van der Waals surface area contributed by atoms with E-state index in [1.807, 2.05) is 6.07 Å². The van der Waals surface area contributed by atoms with E-state index >= 15 is 0 Å². The molecule has 0 saturated heterocycles. The van der Waals surface area contributed by atoms with Gasteiger partial charge in [-0.2, -0.15) is 0 Å². The molecule has 0 radical (unpaired) electrons. The van der Waals surface area contributed by atoms with Crippen LogP contribution in [0.3, 0.4) is 0 Å². The third kappa shape index (κ3) is 3.49. The summed E-state index contributed by atoms with van der Waals surface area (Å²) in [5.41, 5.74) is 0.0138. The number of carbonyl (C=O) groups excluding carboxylic acids is 1. The lowest BCUT2D eigenvalue weighted by molar-refractivity contribution is 0.0947. The molecule has 0 aliphatic carbocycles. The molecular weight excluding hydrogens is 317 g/mol. The highest BCUT2D eigenvalue weighted by molar-refractivity contribution is 7.12. The largest absolute Gasteiger partial charge is 0.466 e. The first-order valence-electron chi connectivity index (χ1n) is 6.98. The van der Waals surface area contributed by atoms with E-state index in [0.717, 1.165) is 9.75 Å². The normalized spacial score (nSPS) is 12.1. The van der Waals surface area contributed by atoms with Crippen LogP contribution in [-0.4, -0.2) is 11.0 Å². The van der Waals surface area contributed by atoms with E-state index in [4.69, 9.17) is 4.42 Å². The van der Waals surface area contributed by atoms with Crippen molar-refractivity contribution in [3.8, 4) is 0 Å². The predicted molar refractivity (Wildman–Crippen MR) is 84.7 cm³/mol. The van der Waals surface area contributed by atoms with Crippen molar-refractivity contribution in [2.75, 3.05) is 0 Å². The molecule has 1 atom stereocenters. The first-order valence-corrected chi connectivity index (χ1v) is 7.79. The van der Waals surface area contributed by atoms with Crippen LogP contribution in [0.15, 0.2) is 59.2 Å². The Morgan fingerprint density at radius 1 is 1.22 bits per heavy atom. The van der Waals surface area contributed by atoms with E-state index in [1.165, 1.54) is 35.8 Å². The zero-order chi connectivity index (χ0) is 16.2. The average molecular weight is 331 g/mol. The number of furan rings is 1. The molecule has 0 aliphatic heterocycles. The summed E-state index contributed by atoms with van der Waals surface area (Å²) in [7, 11) is 0. The highest BCUT2D eigenvalue weighted by Crippen LogP contribution is 2.28. The number of rotatable bonds is 5. The molecule has 0 aliphatic rings. The maximum absolute atomic E-state index is 13.5. The number of thiophene rings is 1. The molecule has 4 nitrogen and oxygen atoms in total. The Hall–Kier alpha value is -2.44. The van der Waals surface area contributed by atoms with Gasteiger partial charge in [0.05, 0.1) is 18.4 Å². The van der Waals surface area contributed by atoms with Crippen molar-refractivity contribution in [3.05, 3.63) is 81.7 Å². The fraction of sp³-hybridized carbons (Fsp3) is 0.118. The summed E-state index contributed by atoms with van der Waals surface area (Å²) in [6, 6.07) is 12.8. The minimum atomic E-state index is -0.828. The van der Waals surface area contributed by atoms with Crippen molar-refractivity contribution in [2.45, 2.75) is 12.6 Å². The van der Waals surface area contributed by atoms with Crippen molar-refractivity contribution in [1.29, 1.82) is 0 Å². The van der Waals surface area contributed by atoms with Crippen LogP contribution in [0.1, 0.15) is 32.0 Å². The van der Waals surface area contributed by atoms with E-state index in [0.29, 0.717) is 5.76 Å². The number of hydrogen-bond acceptors (Lipinski definition) is 4. The van der Waals surface area contributed by atoms with Crippen LogP contribution in [-0.2, 0) is 6.54 Å². The summed E-state index contributed by atoms with van der Waals surface area (Å²) in [4.78, 5) is 13.5. The monoisotopic (exact) mass is 331 g/mol. The van der Waals surface area contributed by atoms with Crippen LogP contribution in [0, 0.1) is 5.82 Å². The van der Waals surface area contributed by atoms with Gasteiger partial charge in [-0.15, -0.1) is 11.3 Å². The summed E-state index contributed by atoms with van der Waals surface area (Å²) in [6.45, 7) is 0.267. The standard InChI is InChI=1S/C17H14FNO3S/c18-13-5-2-1-4-12(13)17(21)19-10-11-7-8-15(23-11)16(20)14-6-3-9-22-14/h1-9,16,20H,10H2,(H,19,21)/t16-/m0/s1. The number of aliphatic hydroxyl groups excluding tert-OH is 1. The van der Waals surface area contributed by atoms with E-state index < -0.39 is 17.8 Å². The van der Waals surface area contributed by atoms with Gasteiger partial charge in [-0.1, -0.05) is 12.1 Å². The minimum Gasteiger partial charge on any atom is -0.466 e. The van der Waals surface area contributed by atoms with Crippen LogP contribution < -0.4 is 5.32 Å². The summed E-state index contributed by atoms with van der Waals surface area (Å²) < 4.78 is 18.7. The van der Waals surface area contributed by atoms with Gasteiger partial charge in [0, 0.05) is 9.75 Å². The molecule has 1 amide bonds. The van der Waals surface area contributed by atoms with Gasteiger partial charge < -0.3 is 14.8 Å². The molecule has 2 aromatic heterocycles. The molecule has 1 aromatic carbocycles. The van der Waals surface area contributed by atoms with Gasteiger partial charge >= 0.3 is 0 Å². The number of amides is 1. The molecule has 3 aromatic rings. The summed E-state index contributed by atoms with van der Waals surface area (Å²) in [6.07, 6.45) is 0.674. The third-order valence-corrected chi connectivity index (χ3v) is 4.44. The number of benzene rings is 1. The number of nitrogens with one attached hydrogen (secondary N) is 1. The molecular formula is C17H14FNO3S. The highest BCUT2D eigenvalue weighted by atomic mass is 32.1. The molecule has 0 bridgehead atoms. The van der Waals surface area contributed by atoms with Crippen molar-refractivity contribution < 1.29 is 18.7 Å². The molecule has 2 heterocycles. The SMILES string of the molecule is O=C(NCc1ccc([C@@H](O)c2ccco2)s1)c1ccccc1F. The highest BCUT2D eigenvalue weighted by Gasteiger charge is 2.16. The topological polar surface area (TPSA) is 62.5 Å². The minimum absolute atomic E-state index is 0.0138. The summed E-state index contributed by atoms with van der Waals surface area (Å²) in [5, 5.41) is 12.8. The fourth-order valence-electron chi connectivity index (χ4n) is 2.13. The quantitative estimate of drug-likeness (QED) is 0.752. The van der Waals surface area contributed by atoms with Crippen LogP contribution in [0.2, 0.25) is 0 Å². The van der Waals surface area contributed by atoms with Crippen LogP contribution >= 0.6 is 11.3 Å². The van der Waals surface area contributed by atoms with E-state index in [1.54, 1.807) is 24.3 Å². The fourth-order valence-corrected chi connectivity index (χ4v) is 3.08. The zero-order valence-electron chi connectivity index (χ0n) is 12.0. The average Bonchev–Trinajstić information content (AvgIpc) is 3.24. The van der Waals surface area contributed by atoms with Gasteiger partial charge in [-0.3, -0.25) is 4.79 Å². The van der Waals surface area contributed by atoms with Gasteiger partial charge in [0.1, 0.15) is 17.7 Å². The second kappa shape index (κ2) is 6.76. The van der Waals surface area contributed by atoms with Gasteiger partial charge in [-0.05, 0) is 36.4 Å². The summed E-state index contributed by atoms with van der Waals surface area (Å²) >= 11 is 1.36. The molecule has 0 saturated carbocycles. The predicted octanol–water partition coefficient (Wildman–Crippen LogP) is 3.49. The van der Waals surface area contributed by atoms with Crippen molar-refractivity contribution >= 4 is 17.2 Å². The molecule has 0 fully saturated rings. The number of halogens is 1. The number of hydrogen-bond donors (Lipinski definition) is 2. The van der Waals surface area contributed by atoms with E-state index in [-0.39, 0.29) is 12.1 Å². The second-order valence-corrected chi connectivity index (χ2v) is 6.08. The Morgan fingerprint density at radius 2 is 2.04 bits per heavy atom. The van der Waals surface area contributed by atoms with Crippen LogP contribution in [0.25, 0.3) is 0 Å². The second-order valence-electron chi connectivity index (χ2n) is 4.88. The lowest BCUT2D eigenvalue weighted by atomic mass is 10.2. The molecule has 3 rings (SSSR count). The Morgan fingerprint density at radius 3 is 2.78 bits per heavy atom. The van der Waals surface area contributed by atoms with Crippen molar-refractivity contribution in [1.82, 2.24) is 5.32 Å². The lowest BCUT2D eigenvalue weighted by Crippen LogP contribution is -2.23. The van der Waals surface area contributed by atoms with Crippen LogP contribution in [0.5, 0.6) is 0 Å². The molecule has 0 spiro atoms. The lowest BCUT2D eigenvalue weighted by Gasteiger charge is -2.05. The molecule has 23 heavy (non-hydrogen) atoms. The molecule has 2 N–H and O–H groups in total. The Kier molecular flexibility index (Phi) is 4.55. The Balaban J connectivity index is 1.64. The molecule has 0 unspecified atom stereocenters. The summed E-state index contributed by atoms with van der Waals surface area (Å²) in [5.74, 6) is -0.552. The van der Waals surface area contributed by atoms with E-state index in [9.17, 15) is 14.3 Å². The number of aliphatic hydroxyl groups is 1.